The largest absolute Gasteiger partial charge is 0.497 e. The second-order valence-corrected chi connectivity index (χ2v) is 6.46. The van der Waals surface area contributed by atoms with Crippen LogP contribution in [-0.4, -0.2) is 14.2 Å². The molecule has 0 aliphatic heterocycles. The molecule has 3 rings (SSSR count). The molecular weight excluding hydrogens is 320 g/mol. The van der Waals surface area contributed by atoms with Crippen molar-refractivity contribution in [2.24, 2.45) is 0 Å². The van der Waals surface area contributed by atoms with Crippen molar-refractivity contribution in [3.63, 3.8) is 0 Å². The molecule has 0 aromatic heterocycles. The smallest absolute Gasteiger partial charge is 0.130 e. The molecule has 26 heavy (non-hydrogen) atoms. The quantitative estimate of drug-likeness (QED) is 0.470. The third-order valence-electron chi connectivity index (χ3n) is 4.67. The van der Waals surface area contributed by atoms with E-state index in [9.17, 15) is 0 Å². The number of aryl methyl sites for hydroxylation is 2. The molecule has 2 nitrogen and oxygen atoms in total. The minimum Gasteiger partial charge on any atom is -0.497 e. The molecule has 0 aliphatic carbocycles. The molecular formula is C24H26O2. The highest BCUT2D eigenvalue weighted by molar-refractivity contribution is 5.72. The van der Waals surface area contributed by atoms with Gasteiger partial charge in [-0.2, -0.15) is 0 Å². The number of hydrogen-bond acceptors (Lipinski definition) is 2. The lowest BCUT2D eigenvalue weighted by Crippen LogP contribution is -1.92. The molecule has 0 atom stereocenters. The van der Waals surface area contributed by atoms with Crippen LogP contribution >= 0.6 is 0 Å². The molecule has 0 heterocycles. The van der Waals surface area contributed by atoms with Gasteiger partial charge in [0.15, 0.2) is 0 Å². The molecule has 0 fully saturated rings. The summed E-state index contributed by atoms with van der Waals surface area (Å²) in [4.78, 5) is 0. The van der Waals surface area contributed by atoms with Gasteiger partial charge in [-0.15, -0.1) is 0 Å². The predicted molar refractivity (Wildman–Crippen MR) is 108 cm³/mol. The van der Waals surface area contributed by atoms with Crippen LogP contribution in [0.2, 0.25) is 0 Å². The highest BCUT2D eigenvalue weighted by Gasteiger charge is 2.08. The molecule has 0 spiro atoms. The minimum atomic E-state index is 0.808. The summed E-state index contributed by atoms with van der Waals surface area (Å²) in [5.41, 5.74) is 5.07. The number of benzene rings is 3. The van der Waals surface area contributed by atoms with Crippen LogP contribution in [0.15, 0.2) is 72.8 Å². The summed E-state index contributed by atoms with van der Waals surface area (Å²) in [6.07, 6.45) is 4.64. The highest BCUT2D eigenvalue weighted by atomic mass is 16.5. The number of methoxy groups -OCH3 is 2. The molecule has 0 N–H and O–H groups in total. The van der Waals surface area contributed by atoms with Gasteiger partial charge in [-0.25, -0.2) is 0 Å². The normalized spacial score (nSPS) is 10.5. The minimum absolute atomic E-state index is 0.808. The second-order valence-electron chi connectivity index (χ2n) is 6.46. The molecule has 0 amide bonds. The van der Waals surface area contributed by atoms with Gasteiger partial charge in [-0.05, 0) is 54.5 Å². The van der Waals surface area contributed by atoms with Crippen LogP contribution in [0.4, 0.5) is 0 Å². The zero-order valence-corrected chi connectivity index (χ0v) is 15.6. The van der Waals surface area contributed by atoms with Crippen molar-refractivity contribution in [2.75, 3.05) is 14.2 Å². The number of rotatable bonds is 8. The van der Waals surface area contributed by atoms with Crippen molar-refractivity contribution in [2.45, 2.75) is 25.7 Å². The fraction of sp³-hybridized carbons (Fsp3) is 0.250. The van der Waals surface area contributed by atoms with Gasteiger partial charge >= 0.3 is 0 Å². The topological polar surface area (TPSA) is 18.5 Å². The Hall–Kier alpha value is -2.74. The standard InChI is InChI=1S/C24H26O2/c1-25-22-15-16-23(24(18-22)26-2)21-14-8-13-20(17-21)12-7-6-11-19-9-4-3-5-10-19/h3-5,8-10,13-18H,6-7,11-12H2,1-2H3. The van der Waals surface area contributed by atoms with Gasteiger partial charge in [0.05, 0.1) is 14.2 Å². The van der Waals surface area contributed by atoms with E-state index in [1.165, 1.54) is 29.5 Å². The van der Waals surface area contributed by atoms with Gasteiger partial charge in [0, 0.05) is 11.6 Å². The Morgan fingerprint density at radius 2 is 1.38 bits per heavy atom. The van der Waals surface area contributed by atoms with Crippen LogP contribution in [0.25, 0.3) is 11.1 Å². The van der Waals surface area contributed by atoms with E-state index in [1.54, 1.807) is 14.2 Å². The fourth-order valence-corrected chi connectivity index (χ4v) is 3.23. The lowest BCUT2D eigenvalue weighted by Gasteiger charge is -2.12. The first-order valence-electron chi connectivity index (χ1n) is 9.15. The van der Waals surface area contributed by atoms with E-state index in [1.807, 2.05) is 12.1 Å². The maximum absolute atomic E-state index is 5.55. The van der Waals surface area contributed by atoms with Crippen LogP contribution in [-0.2, 0) is 12.8 Å². The van der Waals surface area contributed by atoms with E-state index in [0.717, 1.165) is 29.9 Å². The Bertz CT molecular complexity index is 825. The molecule has 0 unspecified atom stereocenters. The molecule has 3 aromatic rings. The third kappa shape index (κ3) is 4.66. The van der Waals surface area contributed by atoms with Crippen molar-refractivity contribution >= 4 is 0 Å². The van der Waals surface area contributed by atoms with Crippen LogP contribution in [0.5, 0.6) is 11.5 Å². The maximum atomic E-state index is 5.55. The van der Waals surface area contributed by atoms with E-state index in [-0.39, 0.29) is 0 Å². The summed E-state index contributed by atoms with van der Waals surface area (Å²) in [5.74, 6) is 1.65. The van der Waals surface area contributed by atoms with Crippen molar-refractivity contribution in [3.8, 4) is 22.6 Å². The lowest BCUT2D eigenvalue weighted by molar-refractivity contribution is 0.395. The molecule has 2 heteroatoms. The molecule has 0 radical (unpaired) electrons. The van der Waals surface area contributed by atoms with Crippen LogP contribution < -0.4 is 9.47 Å². The van der Waals surface area contributed by atoms with Gasteiger partial charge in [-0.1, -0.05) is 54.6 Å². The Balaban J connectivity index is 1.65. The van der Waals surface area contributed by atoms with Gasteiger partial charge < -0.3 is 9.47 Å². The third-order valence-corrected chi connectivity index (χ3v) is 4.67. The number of hydrogen-bond donors (Lipinski definition) is 0. The Labute approximate surface area is 156 Å². The van der Waals surface area contributed by atoms with Crippen molar-refractivity contribution in [3.05, 3.63) is 83.9 Å². The average Bonchev–Trinajstić information content (AvgIpc) is 2.71. The monoisotopic (exact) mass is 346 g/mol. The van der Waals surface area contributed by atoms with Crippen LogP contribution in [0.1, 0.15) is 24.0 Å². The van der Waals surface area contributed by atoms with Gasteiger partial charge in [0.1, 0.15) is 11.5 Å². The second kappa shape index (κ2) is 9.10. The molecule has 134 valence electrons. The zero-order chi connectivity index (χ0) is 18.2. The predicted octanol–water partition coefficient (Wildman–Crippen LogP) is 5.94. The summed E-state index contributed by atoms with van der Waals surface area (Å²) in [5, 5.41) is 0. The number of ether oxygens (including phenoxy) is 2. The molecule has 0 aliphatic rings. The SMILES string of the molecule is COc1ccc(-c2cccc(CCCCc3ccccc3)c2)c(OC)c1. The Morgan fingerprint density at radius 3 is 2.12 bits per heavy atom. The van der Waals surface area contributed by atoms with Crippen LogP contribution in [0.3, 0.4) is 0 Å². The van der Waals surface area contributed by atoms with Gasteiger partial charge in [0.25, 0.3) is 0 Å². The van der Waals surface area contributed by atoms with E-state index in [0.29, 0.717) is 0 Å². The fourth-order valence-electron chi connectivity index (χ4n) is 3.23. The number of unbranched alkanes of at least 4 members (excludes halogenated alkanes) is 1. The lowest BCUT2D eigenvalue weighted by atomic mass is 9.98. The summed E-state index contributed by atoms with van der Waals surface area (Å²) >= 11 is 0. The highest BCUT2D eigenvalue weighted by Crippen LogP contribution is 2.33. The Kier molecular flexibility index (Phi) is 6.32. The van der Waals surface area contributed by atoms with Crippen molar-refractivity contribution in [1.29, 1.82) is 0 Å². The molecule has 0 saturated carbocycles. The van der Waals surface area contributed by atoms with E-state index in [2.05, 4.69) is 60.7 Å². The first-order chi connectivity index (χ1) is 12.8. The Morgan fingerprint density at radius 1 is 0.654 bits per heavy atom. The maximum Gasteiger partial charge on any atom is 0.130 e. The van der Waals surface area contributed by atoms with Gasteiger partial charge in [-0.3, -0.25) is 0 Å². The summed E-state index contributed by atoms with van der Waals surface area (Å²) in [7, 11) is 3.37. The van der Waals surface area contributed by atoms with Crippen LogP contribution in [0, 0.1) is 0 Å². The first kappa shape index (κ1) is 18.1. The van der Waals surface area contributed by atoms with E-state index < -0.39 is 0 Å². The zero-order valence-electron chi connectivity index (χ0n) is 15.6. The summed E-state index contributed by atoms with van der Waals surface area (Å²) in [6.45, 7) is 0. The summed E-state index contributed by atoms with van der Waals surface area (Å²) < 4.78 is 10.8. The summed E-state index contributed by atoms with van der Waals surface area (Å²) in [6, 6.07) is 25.4. The van der Waals surface area contributed by atoms with E-state index >= 15 is 0 Å². The molecule has 0 bridgehead atoms. The molecule has 0 saturated heterocycles. The van der Waals surface area contributed by atoms with Crippen molar-refractivity contribution < 1.29 is 9.47 Å². The average molecular weight is 346 g/mol. The first-order valence-corrected chi connectivity index (χ1v) is 9.15. The van der Waals surface area contributed by atoms with E-state index in [4.69, 9.17) is 9.47 Å². The molecule has 3 aromatic carbocycles. The van der Waals surface area contributed by atoms with Gasteiger partial charge in [0.2, 0.25) is 0 Å². The van der Waals surface area contributed by atoms with Crippen molar-refractivity contribution in [1.82, 2.24) is 0 Å².